The molecule has 3 unspecified atom stereocenters. The highest BCUT2D eigenvalue weighted by atomic mass is 127. The Kier molecular flexibility index (Phi) is 8.78. The maximum Gasteiger partial charge on any atom is 0.191 e. The van der Waals surface area contributed by atoms with Crippen molar-refractivity contribution < 1.29 is 4.74 Å². The van der Waals surface area contributed by atoms with Crippen LogP contribution < -0.4 is 10.6 Å². The molecule has 3 atom stereocenters. The van der Waals surface area contributed by atoms with Crippen molar-refractivity contribution in [3.8, 4) is 0 Å². The minimum Gasteiger partial charge on any atom is -0.383 e. The molecule has 22 heavy (non-hydrogen) atoms. The van der Waals surface area contributed by atoms with Gasteiger partial charge in [-0.1, -0.05) is 30.3 Å². The van der Waals surface area contributed by atoms with Crippen molar-refractivity contribution in [1.29, 1.82) is 0 Å². The van der Waals surface area contributed by atoms with E-state index < -0.39 is 0 Å². The van der Waals surface area contributed by atoms with Crippen LogP contribution in [0.1, 0.15) is 31.7 Å². The standard InChI is InChI=1S/C17H27N3O.HI/c1-4-18-17(20-13(2)12-21-3)19-11-15-10-16(15)14-8-6-5-7-9-14;/h5-9,13,15-16H,4,10-12H2,1-3H3,(H2,18,19,20);1H. The zero-order chi connectivity index (χ0) is 15.1. The fourth-order valence-electron chi connectivity index (χ4n) is 2.61. The molecule has 5 heteroatoms. The molecule has 0 spiro atoms. The van der Waals surface area contributed by atoms with Gasteiger partial charge < -0.3 is 15.4 Å². The van der Waals surface area contributed by atoms with Gasteiger partial charge in [0.1, 0.15) is 0 Å². The molecule has 1 aliphatic rings. The molecule has 1 aromatic rings. The summed E-state index contributed by atoms with van der Waals surface area (Å²) in [5, 5.41) is 6.66. The predicted octanol–water partition coefficient (Wildman–Crippen LogP) is 3.00. The monoisotopic (exact) mass is 417 g/mol. The Bertz CT molecular complexity index is 452. The van der Waals surface area contributed by atoms with Gasteiger partial charge in [-0.15, -0.1) is 24.0 Å². The second-order valence-electron chi connectivity index (χ2n) is 5.73. The number of ether oxygens (including phenoxy) is 1. The van der Waals surface area contributed by atoms with Crippen LogP contribution in [0.4, 0.5) is 0 Å². The third-order valence-electron chi connectivity index (χ3n) is 3.78. The SMILES string of the molecule is CCNC(=NCC1CC1c1ccccc1)NC(C)COC.I. The zero-order valence-corrected chi connectivity index (χ0v) is 16.0. The lowest BCUT2D eigenvalue weighted by Gasteiger charge is -2.16. The highest BCUT2D eigenvalue weighted by molar-refractivity contribution is 14.0. The first-order chi connectivity index (χ1) is 10.2. The van der Waals surface area contributed by atoms with Crippen molar-refractivity contribution >= 4 is 29.9 Å². The van der Waals surface area contributed by atoms with Crippen LogP contribution in [0.5, 0.6) is 0 Å². The molecule has 0 radical (unpaired) electrons. The molecular weight excluding hydrogens is 389 g/mol. The van der Waals surface area contributed by atoms with E-state index in [2.05, 4.69) is 54.8 Å². The van der Waals surface area contributed by atoms with Gasteiger partial charge in [-0.05, 0) is 37.7 Å². The molecule has 0 amide bonds. The predicted molar refractivity (Wildman–Crippen MR) is 103 cm³/mol. The molecular formula is C17H28IN3O. The fraction of sp³-hybridized carbons (Fsp3) is 0.588. The second-order valence-corrected chi connectivity index (χ2v) is 5.73. The van der Waals surface area contributed by atoms with E-state index >= 15 is 0 Å². The van der Waals surface area contributed by atoms with Crippen LogP contribution in [-0.2, 0) is 4.74 Å². The molecule has 1 aliphatic carbocycles. The molecule has 1 saturated carbocycles. The minimum atomic E-state index is 0. The number of nitrogens with zero attached hydrogens (tertiary/aromatic N) is 1. The van der Waals surface area contributed by atoms with Gasteiger partial charge >= 0.3 is 0 Å². The van der Waals surface area contributed by atoms with Crippen molar-refractivity contribution in [2.45, 2.75) is 32.2 Å². The topological polar surface area (TPSA) is 45.7 Å². The summed E-state index contributed by atoms with van der Waals surface area (Å²) in [6, 6.07) is 11.0. The largest absolute Gasteiger partial charge is 0.383 e. The Labute approximate surface area is 151 Å². The van der Waals surface area contributed by atoms with Crippen LogP contribution in [0, 0.1) is 5.92 Å². The smallest absolute Gasteiger partial charge is 0.191 e. The van der Waals surface area contributed by atoms with Gasteiger partial charge in [-0.2, -0.15) is 0 Å². The molecule has 1 aromatic carbocycles. The highest BCUT2D eigenvalue weighted by Crippen LogP contribution is 2.47. The summed E-state index contributed by atoms with van der Waals surface area (Å²) < 4.78 is 5.15. The van der Waals surface area contributed by atoms with Gasteiger partial charge in [-0.25, -0.2) is 0 Å². The fourth-order valence-corrected chi connectivity index (χ4v) is 2.61. The Morgan fingerprint density at radius 3 is 2.73 bits per heavy atom. The van der Waals surface area contributed by atoms with Crippen LogP contribution in [0.2, 0.25) is 0 Å². The number of halogens is 1. The van der Waals surface area contributed by atoms with E-state index in [1.54, 1.807) is 7.11 Å². The van der Waals surface area contributed by atoms with Gasteiger partial charge in [-0.3, -0.25) is 4.99 Å². The number of nitrogens with one attached hydrogen (secondary N) is 2. The van der Waals surface area contributed by atoms with E-state index in [-0.39, 0.29) is 30.0 Å². The van der Waals surface area contributed by atoms with Gasteiger partial charge in [0.2, 0.25) is 0 Å². The van der Waals surface area contributed by atoms with Crippen molar-refractivity contribution in [2.24, 2.45) is 10.9 Å². The van der Waals surface area contributed by atoms with E-state index in [1.807, 2.05) is 0 Å². The van der Waals surface area contributed by atoms with Crippen molar-refractivity contribution in [3.05, 3.63) is 35.9 Å². The van der Waals surface area contributed by atoms with Gasteiger partial charge in [0.15, 0.2) is 5.96 Å². The summed E-state index contributed by atoms with van der Waals surface area (Å²) in [7, 11) is 1.72. The Hall–Kier alpha value is -0.820. The molecule has 0 heterocycles. The Morgan fingerprint density at radius 2 is 2.09 bits per heavy atom. The maximum atomic E-state index is 5.15. The summed E-state index contributed by atoms with van der Waals surface area (Å²) in [6.45, 7) is 6.62. The minimum absolute atomic E-state index is 0. The second kappa shape index (κ2) is 10.0. The molecule has 2 N–H and O–H groups in total. The van der Waals surface area contributed by atoms with E-state index in [1.165, 1.54) is 12.0 Å². The van der Waals surface area contributed by atoms with Crippen LogP contribution >= 0.6 is 24.0 Å². The molecule has 0 aliphatic heterocycles. The summed E-state index contributed by atoms with van der Waals surface area (Å²) in [4.78, 5) is 4.71. The zero-order valence-electron chi connectivity index (χ0n) is 13.7. The van der Waals surface area contributed by atoms with Crippen LogP contribution in [0.15, 0.2) is 35.3 Å². The molecule has 2 rings (SSSR count). The lowest BCUT2D eigenvalue weighted by molar-refractivity contribution is 0.179. The molecule has 0 saturated heterocycles. The van der Waals surface area contributed by atoms with E-state index in [0.717, 1.165) is 19.0 Å². The van der Waals surface area contributed by atoms with Crippen LogP contribution in [-0.4, -0.2) is 38.8 Å². The molecule has 1 fully saturated rings. The average Bonchev–Trinajstić information content (AvgIpc) is 3.26. The number of hydrogen-bond donors (Lipinski definition) is 2. The summed E-state index contributed by atoms with van der Waals surface area (Å²) in [5.74, 6) is 2.26. The lowest BCUT2D eigenvalue weighted by atomic mass is 10.1. The Balaban J connectivity index is 0.00000242. The molecule has 4 nitrogen and oxygen atoms in total. The van der Waals surface area contributed by atoms with E-state index in [4.69, 9.17) is 9.73 Å². The first kappa shape index (κ1) is 19.2. The first-order valence-corrected chi connectivity index (χ1v) is 7.83. The Morgan fingerprint density at radius 1 is 1.36 bits per heavy atom. The van der Waals surface area contributed by atoms with Gasteiger partial charge in [0, 0.05) is 26.2 Å². The third kappa shape index (κ3) is 6.12. The van der Waals surface area contributed by atoms with E-state index in [0.29, 0.717) is 18.4 Å². The van der Waals surface area contributed by atoms with Crippen LogP contribution in [0.25, 0.3) is 0 Å². The molecule has 124 valence electrons. The number of rotatable bonds is 7. The average molecular weight is 417 g/mol. The quantitative estimate of drug-likeness (QED) is 0.408. The third-order valence-corrected chi connectivity index (χ3v) is 3.78. The summed E-state index contributed by atoms with van der Waals surface area (Å²) in [5.41, 5.74) is 1.45. The van der Waals surface area contributed by atoms with Gasteiger partial charge in [0.25, 0.3) is 0 Å². The van der Waals surface area contributed by atoms with Crippen molar-refractivity contribution in [1.82, 2.24) is 10.6 Å². The number of aliphatic imine (C=N–C) groups is 1. The van der Waals surface area contributed by atoms with Crippen molar-refractivity contribution in [3.63, 3.8) is 0 Å². The summed E-state index contributed by atoms with van der Waals surface area (Å²) in [6.07, 6.45) is 1.25. The number of methoxy groups -OCH3 is 1. The molecule has 0 bridgehead atoms. The highest BCUT2D eigenvalue weighted by Gasteiger charge is 2.37. The number of benzene rings is 1. The lowest BCUT2D eigenvalue weighted by Crippen LogP contribution is -2.44. The molecule has 0 aromatic heterocycles. The van der Waals surface area contributed by atoms with Crippen molar-refractivity contribution in [2.75, 3.05) is 26.8 Å². The van der Waals surface area contributed by atoms with E-state index in [9.17, 15) is 0 Å². The normalized spacial score (nSPS) is 21.7. The number of hydrogen-bond acceptors (Lipinski definition) is 2. The first-order valence-electron chi connectivity index (χ1n) is 7.83. The maximum absolute atomic E-state index is 5.15. The summed E-state index contributed by atoms with van der Waals surface area (Å²) >= 11 is 0. The van der Waals surface area contributed by atoms with Gasteiger partial charge in [0.05, 0.1) is 6.61 Å². The number of guanidine groups is 1. The van der Waals surface area contributed by atoms with Crippen LogP contribution in [0.3, 0.4) is 0 Å².